The van der Waals surface area contributed by atoms with Gasteiger partial charge < -0.3 is 29.9 Å². The fourth-order valence-electron chi connectivity index (χ4n) is 9.11. The van der Waals surface area contributed by atoms with Crippen LogP contribution in [-0.4, -0.2) is 75.6 Å². The Hall–Kier alpha value is -0.960. The lowest BCUT2D eigenvalue weighted by atomic mass is 9.93. The van der Waals surface area contributed by atoms with E-state index >= 15 is 0 Å². The topological polar surface area (TPSA) is 99.4 Å². The van der Waals surface area contributed by atoms with Crippen molar-refractivity contribution < 1.29 is 29.9 Å². The first-order chi connectivity index (χ1) is 36.0. The van der Waals surface area contributed by atoms with E-state index in [2.05, 4.69) is 121 Å². The van der Waals surface area contributed by atoms with Gasteiger partial charge in [-0.1, -0.05) is 136 Å². The molecule has 78 heavy (non-hydrogen) atoms. The number of methoxy groups -OCH3 is 2. The Kier molecular flexibility index (Phi) is 49.7. The Morgan fingerprint density at radius 3 is 1.56 bits per heavy atom. The fraction of sp³-hybridized carbons (Fsp3) is 0.857. The molecule has 8 heteroatoms. The minimum atomic E-state index is -0.499. The Labute approximate surface area is 498 Å². The molecule has 466 valence electrons. The molecule has 0 aliphatic heterocycles. The summed E-state index contributed by atoms with van der Waals surface area (Å²) < 4.78 is 10.2. The van der Waals surface area contributed by atoms with E-state index in [1.54, 1.807) is 7.11 Å². The number of hydrogen-bond donors (Lipinski definition) is 4. The summed E-state index contributed by atoms with van der Waals surface area (Å²) in [7, 11) is 3.53. The van der Waals surface area contributed by atoms with Gasteiger partial charge in [0.1, 0.15) is 0 Å². The van der Waals surface area contributed by atoms with Crippen LogP contribution in [0.5, 0.6) is 0 Å². The van der Waals surface area contributed by atoms with Crippen molar-refractivity contribution in [2.45, 2.75) is 302 Å². The van der Waals surface area contributed by atoms with Crippen molar-refractivity contribution in [3.8, 4) is 0 Å². The Morgan fingerprint density at radius 2 is 1.17 bits per heavy atom. The molecule has 3 aliphatic rings. The maximum atomic E-state index is 9.84. The molecule has 0 aromatic rings. The minimum Gasteiger partial charge on any atom is -0.390 e. The van der Waals surface area contributed by atoms with Gasteiger partial charge in [-0.25, -0.2) is 0 Å². The molecule has 3 rings (SSSR count). The van der Waals surface area contributed by atoms with Crippen LogP contribution in [0, 0.1) is 52.8 Å². The zero-order valence-electron chi connectivity index (χ0n) is 55.9. The van der Waals surface area contributed by atoms with Crippen LogP contribution in [-0.2, 0) is 9.47 Å². The number of ether oxygens (including phenoxy) is 2. The molecule has 0 saturated heterocycles. The van der Waals surface area contributed by atoms with Crippen LogP contribution in [0.4, 0.5) is 0 Å². The summed E-state index contributed by atoms with van der Waals surface area (Å²) in [6.45, 7) is 51.5. The third-order valence-electron chi connectivity index (χ3n) is 16.8. The minimum absolute atomic E-state index is 0.194. The maximum absolute atomic E-state index is 9.84. The van der Waals surface area contributed by atoms with Gasteiger partial charge in [0.15, 0.2) is 0 Å². The van der Waals surface area contributed by atoms with Gasteiger partial charge in [0.2, 0.25) is 0 Å². The summed E-state index contributed by atoms with van der Waals surface area (Å²) >= 11 is 9.53. The summed E-state index contributed by atoms with van der Waals surface area (Å²) in [4.78, 5) is 0. The van der Waals surface area contributed by atoms with Crippen LogP contribution in [0.15, 0.2) is 59.8 Å². The number of hydrogen-bond acceptors (Lipinski definition) is 6. The lowest BCUT2D eigenvalue weighted by Gasteiger charge is -2.21. The predicted molar refractivity (Wildman–Crippen MR) is 349 cm³/mol. The lowest BCUT2D eigenvalue weighted by Crippen LogP contribution is -2.22. The number of halogens is 2. The summed E-state index contributed by atoms with van der Waals surface area (Å²) in [6.07, 6.45) is 34.1. The molecule has 0 aromatic carbocycles. The highest BCUT2D eigenvalue weighted by Crippen LogP contribution is 2.57. The molecular formula is C70H136Cl2O6. The predicted octanol–water partition coefficient (Wildman–Crippen LogP) is 21.0. The van der Waals surface area contributed by atoms with Gasteiger partial charge in [-0.15, -0.1) is 29.8 Å². The highest BCUT2D eigenvalue weighted by atomic mass is 35.5. The Balaban J connectivity index is -0.000000417. The van der Waals surface area contributed by atoms with Gasteiger partial charge in [-0.2, -0.15) is 0 Å². The molecule has 0 aromatic heterocycles. The van der Waals surface area contributed by atoms with Crippen LogP contribution >= 0.6 is 23.2 Å². The van der Waals surface area contributed by atoms with Crippen molar-refractivity contribution in [1.29, 1.82) is 0 Å². The van der Waals surface area contributed by atoms with E-state index in [0.717, 1.165) is 113 Å². The van der Waals surface area contributed by atoms with Crippen molar-refractivity contribution in [3.63, 3.8) is 0 Å². The molecule has 0 heterocycles. The van der Waals surface area contributed by atoms with Gasteiger partial charge in [0.25, 0.3) is 0 Å². The van der Waals surface area contributed by atoms with E-state index in [0.29, 0.717) is 23.9 Å². The van der Waals surface area contributed by atoms with Gasteiger partial charge in [0, 0.05) is 20.8 Å². The van der Waals surface area contributed by atoms with E-state index in [1.165, 1.54) is 92.9 Å². The van der Waals surface area contributed by atoms with E-state index in [9.17, 15) is 20.4 Å². The van der Waals surface area contributed by atoms with Gasteiger partial charge in [0.05, 0.1) is 34.4 Å². The van der Waals surface area contributed by atoms with Crippen LogP contribution in [0.2, 0.25) is 0 Å². The molecule has 6 nitrogen and oxygen atoms in total. The third kappa shape index (κ3) is 54.3. The van der Waals surface area contributed by atoms with Crippen molar-refractivity contribution >= 4 is 23.2 Å². The van der Waals surface area contributed by atoms with Crippen LogP contribution in [0.25, 0.3) is 0 Å². The molecule has 3 saturated carbocycles. The quantitative estimate of drug-likeness (QED) is 0.0396. The van der Waals surface area contributed by atoms with Crippen molar-refractivity contribution in [2.24, 2.45) is 52.8 Å². The summed E-state index contributed by atoms with van der Waals surface area (Å²) in [5.74, 6) is 6.63. The number of allylic oxidation sites excluding steroid dienone is 7. The second kappa shape index (κ2) is 46.4. The van der Waals surface area contributed by atoms with Crippen LogP contribution in [0.1, 0.15) is 280 Å². The lowest BCUT2D eigenvalue weighted by molar-refractivity contribution is 0.0423. The van der Waals surface area contributed by atoms with E-state index in [-0.39, 0.29) is 5.34 Å². The monoisotopic (exact) mass is 1140 g/mol. The molecule has 0 radical (unpaired) electrons. The molecule has 0 spiro atoms. The first kappa shape index (κ1) is 83.5. The van der Waals surface area contributed by atoms with E-state index < -0.39 is 22.4 Å². The van der Waals surface area contributed by atoms with Crippen molar-refractivity contribution in [3.05, 3.63) is 59.8 Å². The molecule has 3 aliphatic carbocycles. The molecular weight excluding hydrogens is 1010 g/mol. The van der Waals surface area contributed by atoms with Crippen LogP contribution < -0.4 is 0 Å². The molecule has 10 atom stereocenters. The molecule has 3 fully saturated rings. The normalized spacial score (nSPS) is 21.3. The number of rotatable bonds is 32. The Bertz CT molecular complexity index is 1540. The largest absolute Gasteiger partial charge is 0.390 e. The summed E-state index contributed by atoms with van der Waals surface area (Å²) in [6, 6.07) is 0. The van der Waals surface area contributed by atoms with E-state index in [1.807, 2.05) is 61.7 Å². The van der Waals surface area contributed by atoms with E-state index in [4.69, 9.17) is 32.7 Å². The molecule has 4 N–H and O–H groups in total. The molecule has 0 amide bonds. The molecule has 10 unspecified atom stereocenters. The number of aliphatic hydroxyl groups is 4. The average molecular weight is 1140 g/mol. The third-order valence-corrected chi connectivity index (χ3v) is 16.8. The zero-order chi connectivity index (χ0) is 61.3. The smallest absolute Gasteiger partial charge is 0.0967 e. The second-order valence-corrected chi connectivity index (χ2v) is 27.7. The first-order valence-corrected chi connectivity index (χ1v) is 32.3. The van der Waals surface area contributed by atoms with Gasteiger partial charge in [-0.3, -0.25) is 0 Å². The maximum Gasteiger partial charge on any atom is 0.0967 e. The zero-order valence-corrected chi connectivity index (χ0v) is 57.4. The van der Waals surface area contributed by atoms with Crippen molar-refractivity contribution in [1.82, 2.24) is 0 Å². The highest BCUT2D eigenvalue weighted by molar-refractivity contribution is 6.40. The summed E-state index contributed by atoms with van der Waals surface area (Å²) in [5.41, 5.74) is 4.23. The second-order valence-electron chi connectivity index (χ2n) is 26.9. The standard InChI is InChI=1S/C13H24O.C12H24O.C12H22O.2C11H22O.C10H20O.CH2Cl2/c1-10(2)6-5-7-11(3)13-8-12(13)9-14-4;1-5-11(3)9-10(11)7-8-12(4,13)6-2;1-10(2)7-6-8-11(3)12(4)9-13-5;1-9(10-6-7-10)5-4-8-11(2,3)12;1-5-10(3)8-7-9-11(4,12)6-2;1-5-9(2)7-6-8-10(3,4)11;2-1-3/h6,11-13H,5,7-9H2,1-4H3;10,13H,5-9H2,1-4H3;7,11H,4,6,8-9H2,1-3,5H3;9-10,12H,4-8H2,1-3H3;8,12H,5-7,9H2,1-4H3;5,9,11H,1,6-8H2,2-4H3;1H2/b;;;;10-8+;;. The van der Waals surface area contributed by atoms with Crippen LogP contribution in [0.3, 0.4) is 0 Å². The van der Waals surface area contributed by atoms with Gasteiger partial charge >= 0.3 is 0 Å². The Morgan fingerprint density at radius 1 is 0.679 bits per heavy atom. The van der Waals surface area contributed by atoms with Crippen molar-refractivity contribution in [2.75, 3.05) is 32.8 Å². The highest BCUT2D eigenvalue weighted by Gasteiger charge is 2.48. The summed E-state index contributed by atoms with van der Waals surface area (Å²) in [5, 5.41) is 38.6. The first-order valence-electron chi connectivity index (χ1n) is 31.3. The fourth-order valence-corrected chi connectivity index (χ4v) is 9.11. The van der Waals surface area contributed by atoms with Gasteiger partial charge in [-0.05, 0) is 250 Å². The molecule has 0 bridgehead atoms. The average Bonchev–Trinajstić information content (AvgIpc) is 4.26. The number of alkyl halides is 2. The SMILES string of the molecule is C=C(COC)C(C)CCC=C(C)C.C=CC(C)CCCC(C)(C)O.CC(CCCC(C)(C)O)C1CC1.CC/C(C)=C/CCC(C)(O)CC.CCC(C)(O)CCC1CC1(C)CC.COCC1CC1C(C)CCC=C(C)C.ClCCl.